The molecule has 1 aromatic heterocycles. The van der Waals surface area contributed by atoms with Crippen LogP contribution in [0.3, 0.4) is 0 Å². The summed E-state index contributed by atoms with van der Waals surface area (Å²) in [6.07, 6.45) is 4.22. The number of hydrogen-bond donors (Lipinski definition) is 0. The van der Waals surface area contributed by atoms with E-state index in [2.05, 4.69) is 89.9 Å². The van der Waals surface area contributed by atoms with Gasteiger partial charge < -0.3 is 4.43 Å². The zero-order valence-corrected chi connectivity index (χ0v) is 20.6. The van der Waals surface area contributed by atoms with Crippen molar-refractivity contribution >= 4 is 19.7 Å². The van der Waals surface area contributed by atoms with Crippen LogP contribution in [-0.4, -0.2) is 14.9 Å². The van der Waals surface area contributed by atoms with Gasteiger partial charge in [0.25, 0.3) is 0 Å². The lowest BCUT2D eigenvalue weighted by molar-refractivity contribution is 0.296. The Morgan fingerprint density at radius 1 is 1.04 bits per heavy atom. The summed E-state index contributed by atoms with van der Waals surface area (Å²) in [6.45, 7) is 16.7. The van der Waals surface area contributed by atoms with Crippen molar-refractivity contribution in [1.82, 2.24) is 0 Å². The predicted octanol–water partition coefficient (Wildman–Crippen LogP) is 7.30. The summed E-state index contributed by atoms with van der Waals surface area (Å²) in [7, 11) is -1.66. The van der Waals surface area contributed by atoms with Gasteiger partial charge in [-0.1, -0.05) is 62.9 Å². The van der Waals surface area contributed by atoms with Gasteiger partial charge in [0.05, 0.1) is 4.88 Å². The normalized spacial score (nSPS) is 12.0. The van der Waals surface area contributed by atoms with Crippen LogP contribution < -0.4 is 0 Å². The van der Waals surface area contributed by atoms with E-state index >= 15 is 0 Å². The van der Waals surface area contributed by atoms with Gasteiger partial charge in [-0.25, -0.2) is 0 Å². The molecule has 1 heterocycles. The van der Waals surface area contributed by atoms with Crippen LogP contribution in [0.1, 0.15) is 60.1 Å². The Morgan fingerprint density at radius 3 is 2.36 bits per heavy atom. The minimum atomic E-state index is -1.66. The Labute approximate surface area is 177 Å². The van der Waals surface area contributed by atoms with E-state index in [0.29, 0.717) is 0 Å². The van der Waals surface area contributed by atoms with Gasteiger partial charge in [0.1, 0.15) is 0 Å². The van der Waals surface area contributed by atoms with Gasteiger partial charge in [-0.15, -0.1) is 11.3 Å². The SMILES string of the molecule is Cc1sc(C#CCCO[Si](C)(C)C(C)(C)C)c(CCCc2ccccc2)c1C. The first-order valence-electron chi connectivity index (χ1n) is 10.4. The maximum Gasteiger partial charge on any atom is 0.192 e. The van der Waals surface area contributed by atoms with E-state index in [1.807, 2.05) is 11.3 Å². The molecule has 0 bridgehead atoms. The van der Waals surface area contributed by atoms with Crippen molar-refractivity contribution in [3.8, 4) is 11.8 Å². The van der Waals surface area contributed by atoms with Crippen LogP contribution >= 0.6 is 11.3 Å². The first-order valence-corrected chi connectivity index (χ1v) is 14.1. The maximum atomic E-state index is 6.24. The minimum Gasteiger partial charge on any atom is -0.416 e. The summed E-state index contributed by atoms with van der Waals surface area (Å²) < 4.78 is 6.24. The molecular formula is C25H36OSSi. The van der Waals surface area contributed by atoms with Crippen LogP contribution in [0.5, 0.6) is 0 Å². The molecule has 0 unspecified atom stereocenters. The average molecular weight is 413 g/mol. The van der Waals surface area contributed by atoms with Crippen molar-refractivity contribution in [2.45, 2.75) is 78.4 Å². The Bertz CT molecular complexity index is 816. The molecule has 0 radical (unpaired) electrons. The minimum absolute atomic E-state index is 0.258. The molecule has 0 saturated carbocycles. The molecule has 0 aliphatic carbocycles. The molecule has 0 aliphatic heterocycles. The summed E-state index contributed by atoms with van der Waals surface area (Å²) in [6, 6.07) is 10.8. The van der Waals surface area contributed by atoms with Crippen LogP contribution in [0.4, 0.5) is 0 Å². The Morgan fingerprint density at radius 2 is 1.71 bits per heavy atom. The summed E-state index contributed by atoms with van der Waals surface area (Å²) >= 11 is 1.85. The maximum absolute atomic E-state index is 6.24. The second-order valence-electron chi connectivity index (χ2n) is 9.09. The Balaban J connectivity index is 1.94. The molecule has 2 aromatic rings. The van der Waals surface area contributed by atoms with E-state index in [4.69, 9.17) is 4.43 Å². The molecule has 0 aliphatic rings. The molecule has 1 aromatic carbocycles. The lowest BCUT2D eigenvalue weighted by Crippen LogP contribution is -2.40. The molecule has 0 N–H and O–H groups in total. The third kappa shape index (κ3) is 6.34. The standard InChI is InChI=1S/C25H36OSSi/c1-20-21(2)27-24(18-11-12-19-26-28(6,7)25(3,4)5)23(20)17-13-16-22-14-9-8-10-15-22/h8-10,14-15H,12-13,16-17,19H2,1-7H3. The van der Waals surface area contributed by atoms with Gasteiger partial charge in [0.15, 0.2) is 8.32 Å². The zero-order chi connectivity index (χ0) is 20.8. The molecule has 3 heteroatoms. The van der Waals surface area contributed by atoms with Gasteiger partial charge in [-0.2, -0.15) is 0 Å². The monoisotopic (exact) mass is 412 g/mol. The quantitative estimate of drug-likeness (QED) is 0.263. The van der Waals surface area contributed by atoms with Crippen molar-refractivity contribution in [2.24, 2.45) is 0 Å². The van der Waals surface area contributed by atoms with Crippen molar-refractivity contribution < 1.29 is 4.43 Å². The lowest BCUT2D eigenvalue weighted by Gasteiger charge is -2.35. The van der Waals surface area contributed by atoms with E-state index in [-0.39, 0.29) is 5.04 Å². The highest BCUT2D eigenvalue weighted by Gasteiger charge is 2.36. The fourth-order valence-electron chi connectivity index (χ4n) is 2.91. The van der Waals surface area contributed by atoms with Crippen molar-refractivity contribution in [3.05, 3.63) is 56.8 Å². The van der Waals surface area contributed by atoms with Crippen molar-refractivity contribution in [1.29, 1.82) is 0 Å². The van der Waals surface area contributed by atoms with Crippen LogP contribution in [0, 0.1) is 25.7 Å². The summed E-state index contributed by atoms with van der Waals surface area (Å²) in [5, 5.41) is 0.258. The van der Waals surface area contributed by atoms with E-state index in [1.165, 1.54) is 32.9 Å². The second-order valence-corrected chi connectivity index (χ2v) is 15.1. The number of thiophene rings is 1. The van der Waals surface area contributed by atoms with Gasteiger partial charge in [-0.05, 0) is 67.9 Å². The number of aryl methyl sites for hydroxylation is 2. The second kappa shape index (κ2) is 9.92. The highest BCUT2D eigenvalue weighted by molar-refractivity contribution is 7.12. The zero-order valence-electron chi connectivity index (χ0n) is 18.7. The average Bonchev–Trinajstić information content (AvgIpc) is 2.89. The van der Waals surface area contributed by atoms with Gasteiger partial charge in [0, 0.05) is 17.9 Å². The largest absolute Gasteiger partial charge is 0.416 e. The Hall–Kier alpha value is -1.34. The lowest BCUT2D eigenvalue weighted by atomic mass is 10.0. The molecule has 2 rings (SSSR count). The predicted molar refractivity (Wildman–Crippen MR) is 127 cm³/mol. The van der Waals surface area contributed by atoms with Crippen molar-refractivity contribution in [2.75, 3.05) is 6.61 Å². The summed E-state index contributed by atoms with van der Waals surface area (Å²) in [5.74, 6) is 6.82. The summed E-state index contributed by atoms with van der Waals surface area (Å²) in [4.78, 5) is 2.66. The van der Waals surface area contributed by atoms with Crippen LogP contribution in [0.15, 0.2) is 30.3 Å². The topological polar surface area (TPSA) is 9.23 Å². The molecule has 1 nitrogen and oxygen atoms in total. The van der Waals surface area contributed by atoms with E-state index in [0.717, 1.165) is 25.9 Å². The molecule has 0 atom stereocenters. The number of benzene rings is 1. The van der Waals surface area contributed by atoms with Gasteiger partial charge >= 0.3 is 0 Å². The Kier molecular flexibility index (Phi) is 8.13. The van der Waals surface area contributed by atoms with Crippen LogP contribution in [0.25, 0.3) is 0 Å². The molecule has 0 amide bonds. The third-order valence-electron chi connectivity index (χ3n) is 5.94. The molecule has 0 spiro atoms. The molecule has 152 valence electrons. The molecule has 0 saturated heterocycles. The summed E-state index contributed by atoms with van der Waals surface area (Å²) in [5.41, 5.74) is 4.30. The van der Waals surface area contributed by atoms with Crippen LogP contribution in [-0.2, 0) is 17.3 Å². The molecular weight excluding hydrogens is 376 g/mol. The molecule has 0 fully saturated rings. The number of rotatable bonds is 7. The third-order valence-corrected chi connectivity index (χ3v) is 11.6. The van der Waals surface area contributed by atoms with E-state index < -0.39 is 8.32 Å². The van der Waals surface area contributed by atoms with Gasteiger partial charge in [-0.3, -0.25) is 0 Å². The van der Waals surface area contributed by atoms with Crippen molar-refractivity contribution in [3.63, 3.8) is 0 Å². The molecule has 28 heavy (non-hydrogen) atoms. The fraction of sp³-hybridized carbons (Fsp3) is 0.520. The highest BCUT2D eigenvalue weighted by Crippen LogP contribution is 2.36. The first kappa shape index (κ1) is 22.9. The van der Waals surface area contributed by atoms with E-state index in [1.54, 1.807) is 0 Å². The smallest absolute Gasteiger partial charge is 0.192 e. The highest BCUT2D eigenvalue weighted by atomic mass is 32.1. The first-order chi connectivity index (χ1) is 13.1. The van der Waals surface area contributed by atoms with Gasteiger partial charge in [0.2, 0.25) is 0 Å². The van der Waals surface area contributed by atoms with E-state index in [9.17, 15) is 0 Å². The fourth-order valence-corrected chi connectivity index (χ4v) is 5.04. The number of hydrogen-bond acceptors (Lipinski definition) is 2. The van der Waals surface area contributed by atoms with Crippen LogP contribution in [0.2, 0.25) is 18.1 Å².